The maximum Gasteiger partial charge on any atom is 0.302 e. The van der Waals surface area contributed by atoms with Crippen LogP contribution in [0.25, 0.3) is 0 Å². The number of carbonyl (C=O) groups is 1. The van der Waals surface area contributed by atoms with E-state index < -0.39 is 17.6 Å². The minimum atomic E-state index is -0.683. The van der Waals surface area contributed by atoms with Gasteiger partial charge in [-0.25, -0.2) is 4.99 Å². The molecule has 9 rings (SSSR count). The van der Waals surface area contributed by atoms with E-state index in [1.54, 1.807) is 6.07 Å². The molecule has 1 aliphatic carbocycles. The van der Waals surface area contributed by atoms with E-state index in [4.69, 9.17) is 20.2 Å². The van der Waals surface area contributed by atoms with Gasteiger partial charge in [0.1, 0.15) is 12.2 Å². The molecule has 3 fully saturated rings. The number of aromatic hydroxyl groups is 1. The summed E-state index contributed by atoms with van der Waals surface area (Å²) in [4.78, 5) is 22.8. The molecule has 0 saturated carbocycles. The molecule has 7 heterocycles. The smallest absolute Gasteiger partial charge is 0.302 e. The average Bonchev–Trinajstić information content (AvgIpc) is 3.14. The highest BCUT2D eigenvalue weighted by Crippen LogP contribution is 2.41. The molecule has 3 saturated heterocycles. The molecule has 11 nitrogen and oxygen atoms in total. The van der Waals surface area contributed by atoms with Gasteiger partial charge in [-0.1, -0.05) is 23.8 Å². The van der Waals surface area contributed by atoms with E-state index >= 15 is 0 Å². The number of benzene rings is 1. The SMILES string of the molecule is CC(=O)O[C@H]1C[C@@H](O)CC[C@]23C#C[C@@H]4C[C@H](C#CC[C@@H]5[C@H]6C[C@H](CN(CN=C(N)NC2)C6)CN5CC3)C[C@@H]2C[C@H](CCN2)Oc2cc(ccc2O)C[C@H]41. The summed E-state index contributed by atoms with van der Waals surface area (Å²) < 4.78 is 12.7. The van der Waals surface area contributed by atoms with E-state index in [0.717, 1.165) is 76.8 Å². The Hall–Kier alpha value is -3.48. The lowest BCUT2D eigenvalue weighted by atomic mass is 9.72. The summed E-state index contributed by atoms with van der Waals surface area (Å²) in [6.07, 6.45) is 7.03. The zero-order chi connectivity index (χ0) is 36.5. The summed E-state index contributed by atoms with van der Waals surface area (Å²) in [6.45, 7) is 7.43. The van der Waals surface area contributed by atoms with Crippen LogP contribution in [0.15, 0.2) is 23.2 Å². The number of piperidine rings is 3. The number of carbonyl (C=O) groups excluding carboxylic acids is 1. The largest absolute Gasteiger partial charge is 0.504 e. The van der Waals surface area contributed by atoms with Crippen LogP contribution in [0.3, 0.4) is 0 Å². The third-order valence-electron chi connectivity index (χ3n) is 13.3. The Morgan fingerprint density at radius 3 is 2.91 bits per heavy atom. The lowest BCUT2D eigenvalue weighted by Gasteiger charge is -2.50. The maximum atomic E-state index is 12.7. The molecule has 12 bridgehead atoms. The second kappa shape index (κ2) is 15.7. The molecular formula is C42H58N6O5. The van der Waals surface area contributed by atoms with Gasteiger partial charge in [-0.3, -0.25) is 14.6 Å². The first-order chi connectivity index (χ1) is 25.7. The quantitative estimate of drug-likeness (QED) is 0.217. The summed E-state index contributed by atoms with van der Waals surface area (Å²) in [5, 5.41) is 29.9. The van der Waals surface area contributed by atoms with E-state index in [2.05, 4.69) is 44.1 Å². The number of nitrogens with one attached hydrogen (secondary N) is 2. The summed E-state index contributed by atoms with van der Waals surface area (Å²) in [7, 11) is 0. The van der Waals surface area contributed by atoms with Gasteiger partial charge in [0.25, 0.3) is 0 Å². The molecule has 0 amide bonds. The minimum absolute atomic E-state index is 0.0176. The van der Waals surface area contributed by atoms with Gasteiger partial charge >= 0.3 is 5.97 Å². The zero-order valence-corrected chi connectivity index (χ0v) is 31.3. The molecule has 53 heavy (non-hydrogen) atoms. The summed E-state index contributed by atoms with van der Waals surface area (Å²) in [5.41, 5.74) is 7.08. The van der Waals surface area contributed by atoms with E-state index in [1.807, 2.05) is 12.1 Å². The van der Waals surface area contributed by atoms with E-state index in [0.29, 0.717) is 68.5 Å². The van der Waals surface area contributed by atoms with E-state index in [1.165, 1.54) is 13.3 Å². The third-order valence-corrected chi connectivity index (χ3v) is 13.3. The number of aliphatic hydroxyl groups excluding tert-OH is 1. The van der Waals surface area contributed by atoms with Gasteiger partial charge in [0.05, 0.1) is 18.2 Å². The molecule has 2 unspecified atom stereocenters. The second-order valence-corrected chi connectivity index (χ2v) is 17.3. The zero-order valence-electron chi connectivity index (χ0n) is 31.3. The number of hydrogen-bond donors (Lipinski definition) is 5. The fourth-order valence-corrected chi connectivity index (χ4v) is 10.6. The van der Waals surface area contributed by atoms with Gasteiger partial charge in [0.15, 0.2) is 17.5 Å². The van der Waals surface area contributed by atoms with Crippen LogP contribution in [0.4, 0.5) is 0 Å². The summed E-state index contributed by atoms with van der Waals surface area (Å²) in [5.74, 6) is 16.9. The van der Waals surface area contributed by atoms with Crippen LogP contribution in [-0.2, 0) is 16.0 Å². The van der Waals surface area contributed by atoms with Gasteiger partial charge < -0.3 is 36.1 Å². The molecule has 0 aromatic heterocycles. The number of hydrogen-bond acceptors (Lipinski definition) is 11. The molecule has 0 radical (unpaired) electrons. The average molecular weight is 727 g/mol. The summed E-state index contributed by atoms with van der Waals surface area (Å²) in [6, 6.07) is 6.16. The van der Waals surface area contributed by atoms with Crippen molar-refractivity contribution in [3.05, 3.63) is 23.8 Å². The predicted molar refractivity (Wildman–Crippen MR) is 203 cm³/mol. The molecule has 11 heteroatoms. The van der Waals surface area contributed by atoms with Crippen molar-refractivity contribution < 1.29 is 24.5 Å². The fraction of sp³-hybridized carbons (Fsp3) is 0.714. The molecule has 6 N–H and O–H groups in total. The van der Waals surface area contributed by atoms with Crippen molar-refractivity contribution in [2.45, 2.75) is 108 Å². The molecular weight excluding hydrogens is 668 g/mol. The van der Waals surface area contributed by atoms with Gasteiger partial charge in [0, 0.05) is 82.3 Å². The Balaban J connectivity index is 1.28. The molecule has 1 aromatic carbocycles. The lowest BCUT2D eigenvalue weighted by Crippen LogP contribution is -2.58. The van der Waals surface area contributed by atoms with Crippen molar-refractivity contribution in [3.8, 4) is 35.2 Å². The Bertz CT molecular complexity index is 1660. The number of esters is 1. The number of ether oxygens (including phenoxy) is 2. The number of guanidine groups is 1. The van der Waals surface area contributed by atoms with Gasteiger partial charge in [-0.15, -0.1) is 5.92 Å². The third kappa shape index (κ3) is 8.60. The van der Waals surface area contributed by atoms with Crippen LogP contribution in [0.1, 0.15) is 76.7 Å². The highest BCUT2D eigenvalue weighted by Gasteiger charge is 2.43. The number of phenolic OH excluding ortho intramolecular Hbond substituents is 1. The number of nitrogens with zero attached hydrogens (tertiary/aromatic N) is 3. The van der Waals surface area contributed by atoms with Crippen LogP contribution in [-0.4, -0.2) is 108 Å². The maximum absolute atomic E-state index is 12.7. The number of phenols is 1. The van der Waals surface area contributed by atoms with Gasteiger partial charge in [-0.2, -0.15) is 0 Å². The normalized spacial score (nSPS) is 41.1. The van der Waals surface area contributed by atoms with Crippen molar-refractivity contribution >= 4 is 11.9 Å². The van der Waals surface area contributed by atoms with E-state index in [-0.39, 0.29) is 41.6 Å². The van der Waals surface area contributed by atoms with Crippen molar-refractivity contribution in [3.63, 3.8) is 0 Å². The topological polar surface area (TPSA) is 145 Å². The van der Waals surface area contributed by atoms with Crippen molar-refractivity contribution in [2.75, 3.05) is 45.9 Å². The van der Waals surface area contributed by atoms with Crippen LogP contribution in [0.5, 0.6) is 11.5 Å². The van der Waals surface area contributed by atoms with Crippen molar-refractivity contribution in [2.24, 2.45) is 45.7 Å². The number of aliphatic hydroxyl groups is 1. The predicted octanol–water partition coefficient (Wildman–Crippen LogP) is 2.84. The first-order valence-corrected chi connectivity index (χ1v) is 20.3. The molecule has 286 valence electrons. The number of nitrogens with two attached hydrogens (primary N) is 1. The van der Waals surface area contributed by atoms with Crippen LogP contribution >= 0.6 is 0 Å². The number of fused-ring (bicyclic) bond motifs is 8. The van der Waals surface area contributed by atoms with Crippen molar-refractivity contribution in [1.29, 1.82) is 0 Å². The number of rotatable bonds is 1. The molecule has 1 spiro atoms. The fourth-order valence-electron chi connectivity index (χ4n) is 10.6. The molecule has 13 atom stereocenters. The minimum Gasteiger partial charge on any atom is -0.504 e. The first-order valence-electron chi connectivity index (χ1n) is 20.3. The molecule has 1 aromatic rings. The Labute approximate surface area is 314 Å². The van der Waals surface area contributed by atoms with Crippen molar-refractivity contribution in [1.82, 2.24) is 20.4 Å². The summed E-state index contributed by atoms with van der Waals surface area (Å²) >= 11 is 0. The Morgan fingerprint density at radius 2 is 2.02 bits per heavy atom. The lowest BCUT2D eigenvalue weighted by molar-refractivity contribution is -0.152. The van der Waals surface area contributed by atoms with E-state index in [9.17, 15) is 15.0 Å². The first kappa shape index (κ1) is 36.5. The molecule has 7 aliphatic heterocycles. The van der Waals surface area contributed by atoms with Crippen LogP contribution < -0.4 is 21.1 Å². The standard InChI is InChI=1S/C42H58N6O5/c1-27(49)52-39-21-34(50)8-11-42-10-7-31-15-28(17-33-20-35(9-13-44-33)53-40-19-29(18-36(31)39)5-6-38(40)51)3-2-4-37-32-16-30(23-48(37)14-12-42)22-47(24-32)26-46-41(43)45-25-42/h5-6,19,28,30-37,39,44,50-51H,4,8-9,11-18,20-26H2,1H3,(H3,43,45,46)/t28-,30+,31+,32-,33+,34-,35-,36+,37+,39-,42-/m0/s1. The second-order valence-electron chi connectivity index (χ2n) is 17.3. The Kier molecular flexibility index (Phi) is 10.8. The monoisotopic (exact) mass is 726 g/mol. The Morgan fingerprint density at radius 1 is 1.11 bits per heavy atom. The van der Waals surface area contributed by atoms with Gasteiger partial charge in [-0.05, 0) is 93.9 Å². The van der Waals surface area contributed by atoms with Gasteiger partial charge in [0.2, 0.25) is 0 Å². The number of aliphatic imine (C=N–C) groups is 1. The van der Waals surface area contributed by atoms with Crippen LogP contribution in [0.2, 0.25) is 0 Å². The molecule has 8 aliphatic rings. The highest BCUT2D eigenvalue weighted by molar-refractivity contribution is 5.77. The highest BCUT2D eigenvalue weighted by atomic mass is 16.5. The van der Waals surface area contributed by atoms with Crippen LogP contribution in [0, 0.1) is 58.7 Å².